The molecule has 0 saturated carbocycles. The quantitative estimate of drug-likeness (QED) is 0.926. The molecule has 0 saturated heterocycles. The van der Waals surface area contributed by atoms with Crippen LogP contribution in [-0.4, -0.2) is 23.9 Å². The first-order valence-electron chi connectivity index (χ1n) is 6.43. The van der Waals surface area contributed by atoms with Gasteiger partial charge in [0.1, 0.15) is 24.0 Å². The summed E-state index contributed by atoms with van der Waals surface area (Å²) in [6.07, 6.45) is 3.43. The van der Waals surface area contributed by atoms with E-state index >= 15 is 0 Å². The molecular formula is C15H14FN3O. The van der Waals surface area contributed by atoms with Crippen molar-refractivity contribution in [1.82, 2.24) is 10.3 Å². The molecule has 0 fully saturated rings. The largest absolute Gasteiger partial charge is 0.488 e. The zero-order chi connectivity index (χ0) is 13.8. The van der Waals surface area contributed by atoms with E-state index in [1.807, 2.05) is 12.1 Å². The summed E-state index contributed by atoms with van der Waals surface area (Å²) in [6, 6.07) is 8.55. The van der Waals surface area contributed by atoms with E-state index in [0.717, 1.165) is 12.1 Å². The molecule has 0 radical (unpaired) electrons. The third-order valence-electron chi connectivity index (χ3n) is 3.00. The van der Waals surface area contributed by atoms with Crippen molar-refractivity contribution in [3.05, 3.63) is 59.7 Å². The van der Waals surface area contributed by atoms with Crippen LogP contribution in [0.1, 0.15) is 11.1 Å². The Morgan fingerprint density at radius 3 is 2.95 bits per heavy atom. The Balaban J connectivity index is 1.84. The van der Waals surface area contributed by atoms with Gasteiger partial charge in [-0.2, -0.15) is 0 Å². The van der Waals surface area contributed by atoms with Gasteiger partial charge in [-0.1, -0.05) is 12.1 Å². The van der Waals surface area contributed by atoms with Crippen LogP contribution in [0.25, 0.3) is 0 Å². The molecule has 0 aliphatic carbocycles. The topological polar surface area (TPSA) is 46.5 Å². The van der Waals surface area contributed by atoms with E-state index in [4.69, 9.17) is 4.74 Å². The fraction of sp³-hybridized carbons (Fsp3) is 0.200. The number of hydrogen-bond donors (Lipinski definition) is 1. The third-order valence-corrected chi connectivity index (χ3v) is 3.00. The molecule has 102 valence electrons. The molecule has 1 aliphatic rings. The van der Waals surface area contributed by atoms with Crippen molar-refractivity contribution in [3.8, 4) is 5.75 Å². The lowest BCUT2D eigenvalue weighted by atomic mass is 10.1. The molecular weight excluding hydrogens is 257 g/mol. The van der Waals surface area contributed by atoms with Gasteiger partial charge in [-0.15, -0.1) is 0 Å². The molecule has 1 aliphatic heterocycles. The number of ether oxygens (including phenoxy) is 1. The molecule has 1 aromatic carbocycles. The van der Waals surface area contributed by atoms with Crippen molar-refractivity contribution in [1.29, 1.82) is 0 Å². The van der Waals surface area contributed by atoms with Crippen molar-refractivity contribution >= 4 is 5.84 Å². The Kier molecular flexibility index (Phi) is 3.58. The maximum Gasteiger partial charge on any atom is 0.137 e. The van der Waals surface area contributed by atoms with Gasteiger partial charge in [0.25, 0.3) is 0 Å². The van der Waals surface area contributed by atoms with Crippen LogP contribution >= 0.6 is 0 Å². The van der Waals surface area contributed by atoms with Gasteiger partial charge in [-0.3, -0.25) is 9.98 Å². The van der Waals surface area contributed by atoms with Crippen molar-refractivity contribution in [2.24, 2.45) is 4.99 Å². The summed E-state index contributed by atoms with van der Waals surface area (Å²) >= 11 is 0. The molecule has 3 rings (SSSR count). The van der Waals surface area contributed by atoms with E-state index in [1.54, 1.807) is 24.5 Å². The summed E-state index contributed by atoms with van der Waals surface area (Å²) in [4.78, 5) is 8.28. The van der Waals surface area contributed by atoms with Crippen LogP contribution in [0.4, 0.5) is 4.39 Å². The van der Waals surface area contributed by atoms with E-state index in [9.17, 15) is 4.39 Å². The summed E-state index contributed by atoms with van der Waals surface area (Å²) in [7, 11) is 0. The van der Waals surface area contributed by atoms with Gasteiger partial charge >= 0.3 is 0 Å². The number of amidine groups is 1. The fourth-order valence-corrected chi connectivity index (χ4v) is 2.06. The number of aliphatic imine (C=N–C) groups is 1. The number of rotatable bonds is 4. The molecule has 0 bridgehead atoms. The summed E-state index contributed by atoms with van der Waals surface area (Å²) in [6.45, 7) is 1.73. The predicted molar refractivity (Wildman–Crippen MR) is 74.4 cm³/mol. The molecule has 4 nitrogen and oxygen atoms in total. The normalized spacial score (nSPS) is 13.8. The summed E-state index contributed by atoms with van der Waals surface area (Å²) in [5.41, 5.74) is 1.33. The Morgan fingerprint density at radius 1 is 1.25 bits per heavy atom. The Hall–Kier alpha value is -2.43. The van der Waals surface area contributed by atoms with Crippen LogP contribution < -0.4 is 10.1 Å². The Labute approximate surface area is 116 Å². The van der Waals surface area contributed by atoms with Crippen LogP contribution in [0.15, 0.2) is 47.7 Å². The molecule has 0 unspecified atom stereocenters. The van der Waals surface area contributed by atoms with Crippen LogP contribution in [0, 0.1) is 5.82 Å². The van der Waals surface area contributed by atoms with Crippen molar-refractivity contribution < 1.29 is 9.13 Å². The number of hydrogen-bond acceptors (Lipinski definition) is 4. The predicted octanol–water partition coefficient (Wildman–Crippen LogP) is 2.15. The standard InChI is InChI=1S/C15H14FN3O/c16-12-4-1-5-13(14(12)15-18-7-8-19-15)20-10-11-3-2-6-17-9-11/h1-6,9H,7-8,10H2,(H,18,19). The van der Waals surface area contributed by atoms with Crippen LogP contribution in [-0.2, 0) is 6.61 Å². The SMILES string of the molecule is Fc1cccc(OCc2cccnc2)c1C1=NCCN1. The monoisotopic (exact) mass is 271 g/mol. The van der Waals surface area contributed by atoms with E-state index in [0.29, 0.717) is 30.3 Å². The molecule has 5 heteroatoms. The summed E-state index contributed by atoms with van der Waals surface area (Å²) < 4.78 is 19.7. The first-order valence-corrected chi connectivity index (χ1v) is 6.43. The highest BCUT2D eigenvalue weighted by Gasteiger charge is 2.18. The number of halogens is 1. The van der Waals surface area contributed by atoms with E-state index in [-0.39, 0.29) is 5.82 Å². The van der Waals surface area contributed by atoms with Gasteiger partial charge in [-0.05, 0) is 18.2 Å². The third kappa shape index (κ3) is 2.61. The first kappa shape index (κ1) is 12.6. The van der Waals surface area contributed by atoms with Gasteiger partial charge in [0.05, 0.1) is 12.1 Å². The average molecular weight is 271 g/mol. The molecule has 0 amide bonds. The lowest BCUT2D eigenvalue weighted by Gasteiger charge is -2.12. The molecule has 0 atom stereocenters. The molecule has 1 N–H and O–H groups in total. The van der Waals surface area contributed by atoms with Gasteiger partial charge in [0.15, 0.2) is 0 Å². The highest BCUT2D eigenvalue weighted by molar-refractivity contribution is 6.02. The van der Waals surface area contributed by atoms with Gasteiger partial charge in [0.2, 0.25) is 0 Å². The molecule has 2 heterocycles. The average Bonchev–Trinajstić information content (AvgIpc) is 3.00. The maximum atomic E-state index is 14.0. The minimum absolute atomic E-state index is 0.332. The van der Waals surface area contributed by atoms with Crippen molar-refractivity contribution in [2.45, 2.75) is 6.61 Å². The number of pyridine rings is 1. The van der Waals surface area contributed by atoms with Gasteiger partial charge in [-0.25, -0.2) is 4.39 Å². The maximum absolute atomic E-state index is 14.0. The zero-order valence-corrected chi connectivity index (χ0v) is 10.8. The summed E-state index contributed by atoms with van der Waals surface area (Å²) in [5.74, 6) is 0.716. The number of aromatic nitrogens is 1. The first-order chi connectivity index (χ1) is 9.84. The Morgan fingerprint density at radius 2 is 2.20 bits per heavy atom. The highest BCUT2D eigenvalue weighted by Crippen LogP contribution is 2.23. The fourth-order valence-electron chi connectivity index (χ4n) is 2.06. The number of nitrogens with one attached hydrogen (secondary N) is 1. The second kappa shape index (κ2) is 5.69. The van der Waals surface area contributed by atoms with Crippen molar-refractivity contribution in [3.63, 3.8) is 0 Å². The molecule has 0 spiro atoms. The van der Waals surface area contributed by atoms with Gasteiger partial charge < -0.3 is 10.1 Å². The van der Waals surface area contributed by atoms with Crippen LogP contribution in [0.5, 0.6) is 5.75 Å². The summed E-state index contributed by atoms with van der Waals surface area (Å²) in [5, 5.41) is 3.07. The van der Waals surface area contributed by atoms with E-state index in [2.05, 4.69) is 15.3 Å². The lowest BCUT2D eigenvalue weighted by Crippen LogP contribution is -2.21. The minimum atomic E-state index is -0.332. The van der Waals surface area contributed by atoms with E-state index in [1.165, 1.54) is 6.07 Å². The van der Waals surface area contributed by atoms with Crippen LogP contribution in [0.2, 0.25) is 0 Å². The van der Waals surface area contributed by atoms with Gasteiger partial charge in [0, 0.05) is 24.5 Å². The second-order valence-electron chi connectivity index (χ2n) is 4.42. The van der Waals surface area contributed by atoms with Crippen molar-refractivity contribution in [2.75, 3.05) is 13.1 Å². The highest BCUT2D eigenvalue weighted by atomic mass is 19.1. The molecule has 20 heavy (non-hydrogen) atoms. The smallest absolute Gasteiger partial charge is 0.137 e. The second-order valence-corrected chi connectivity index (χ2v) is 4.42. The minimum Gasteiger partial charge on any atom is -0.488 e. The lowest BCUT2D eigenvalue weighted by molar-refractivity contribution is 0.303. The Bertz CT molecular complexity index is 628. The van der Waals surface area contributed by atoms with E-state index < -0.39 is 0 Å². The number of nitrogens with zero attached hydrogens (tertiary/aromatic N) is 2. The molecule has 1 aromatic heterocycles. The molecule has 2 aromatic rings. The van der Waals surface area contributed by atoms with Crippen LogP contribution in [0.3, 0.4) is 0 Å². The number of benzene rings is 1. The zero-order valence-electron chi connectivity index (χ0n) is 10.8.